The fraction of sp³-hybridized carbons (Fsp3) is 0.200. The number of ether oxygens (including phenoxy) is 1. The third-order valence-corrected chi connectivity index (χ3v) is 3.69. The summed E-state index contributed by atoms with van der Waals surface area (Å²) in [4.78, 5) is 16.4. The molecule has 0 spiro atoms. The molecule has 120 valence electrons. The predicted molar refractivity (Wildman–Crippen MR) is 82.2 cm³/mol. The lowest BCUT2D eigenvalue weighted by molar-refractivity contribution is -0.0505. The zero-order valence-corrected chi connectivity index (χ0v) is 12.8. The normalized spacial score (nSPS) is 11.3. The standard InChI is InChI=1S/C15H12ClF2N3O2/c1-20-14(22)10-6-7-12(16)19-13(10)21(20)8-9-4-2-3-5-11(9)23-15(17)18/h2-7,15H,8H2,1H3. The van der Waals surface area contributed by atoms with Gasteiger partial charge in [0.2, 0.25) is 0 Å². The number of nitrogens with zero attached hydrogens (tertiary/aromatic N) is 3. The van der Waals surface area contributed by atoms with Crippen molar-refractivity contribution in [2.75, 3.05) is 0 Å². The van der Waals surface area contributed by atoms with Crippen molar-refractivity contribution in [3.8, 4) is 5.75 Å². The number of aromatic nitrogens is 3. The highest BCUT2D eigenvalue weighted by atomic mass is 35.5. The van der Waals surface area contributed by atoms with Gasteiger partial charge in [0.05, 0.1) is 11.9 Å². The van der Waals surface area contributed by atoms with Gasteiger partial charge in [-0.3, -0.25) is 14.2 Å². The first-order valence-electron chi connectivity index (χ1n) is 6.72. The highest BCUT2D eigenvalue weighted by Crippen LogP contribution is 2.22. The Morgan fingerprint density at radius 3 is 2.74 bits per heavy atom. The van der Waals surface area contributed by atoms with Crippen LogP contribution in [0.4, 0.5) is 8.78 Å². The van der Waals surface area contributed by atoms with Crippen molar-refractivity contribution in [2.45, 2.75) is 13.2 Å². The van der Waals surface area contributed by atoms with Crippen LogP contribution in [0.5, 0.6) is 5.75 Å². The largest absolute Gasteiger partial charge is 0.434 e. The molecule has 0 amide bonds. The van der Waals surface area contributed by atoms with Gasteiger partial charge in [0.15, 0.2) is 5.65 Å². The van der Waals surface area contributed by atoms with Gasteiger partial charge < -0.3 is 4.74 Å². The van der Waals surface area contributed by atoms with Crippen LogP contribution in [0.3, 0.4) is 0 Å². The van der Waals surface area contributed by atoms with Crippen LogP contribution in [0.2, 0.25) is 5.15 Å². The average molecular weight is 340 g/mol. The van der Waals surface area contributed by atoms with Crippen molar-refractivity contribution < 1.29 is 13.5 Å². The van der Waals surface area contributed by atoms with E-state index in [2.05, 4.69) is 9.72 Å². The van der Waals surface area contributed by atoms with Gasteiger partial charge in [-0.05, 0) is 18.2 Å². The molecule has 3 aromatic rings. The Bertz CT molecular complexity index is 921. The van der Waals surface area contributed by atoms with Crippen LogP contribution in [0.1, 0.15) is 5.56 Å². The molecule has 0 N–H and O–H groups in total. The van der Waals surface area contributed by atoms with Gasteiger partial charge in [0.25, 0.3) is 5.56 Å². The Morgan fingerprint density at radius 2 is 2.00 bits per heavy atom. The van der Waals surface area contributed by atoms with Gasteiger partial charge in [-0.2, -0.15) is 8.78 Å². The summed E-state index contributed by atoms with van der Waals surface area (Å²) in [6, 6.07) is 9.53. The van der Waals surface area contributed by atoms with Gasteiger partial charge in [-0.15, -0.1) is 0 Å². The maximum atomic E-state index is 12.5. The number of hydrogen-bond donors (Lipinski definition) is 0. The molecule has 0 saturated heterocycles. The molecular formula is C15H12ClF2N3O2. The Kier molecular flexibility index (Phi) is 4.04. The molecule has 2 aromatic heterocycles. The summed E-state index contributed by atoms with van der Waals surface area (Å²) in [5.74, 6) is 0.0545. The van der Waals surface area contributed by atoms with E-state index >= 15 is 0 Å². The minimum absolute atomic E-state index is 0.0545. The molecule has 0 aliphatic carbocycles. The number of hydrogen-bond acceptors (Lipinski definition) is 3. The van der Waals surface area contributed by atoms with Crippen LogP contribution in [0.15, 0.2) is 41.2 Å². The molecule has 0 aliphatic heterocycles. The first kappa shape index (κ1) is 15.5. The molecule has 23 heavy (non-hydrogen) atoms. The van der Waals surface area contributed by atoms with E-state index in [1.165, 1.54) is 16.8 Å². The van der Waals surface area contributed by atoms with E-state index in [0.717, 1.165) is 0 Å². The lowest BCUT2D eigenvalue weighted by atomic mass is 10.2. The number of pyridine rings is 1. The van der Waals surface area contributed by atoms with E-state index in [-0.39, 0.29) is 23.0 Å². The minimum atomic E-state index is -2.92. The van der Waals surface area contributed by atoms with E-state index in [1.54, 1.807) is 36.0 Å². The number of benzene rings is 1. The lowest BCUT2D eigenvalue weighted by Gasteiger charge is -2.13. The summed E-state index contributed by atoms with van der Waals surface area (Å²) in [6.45, 7) is -2.78. The van der Waals surface area contributed by atoms with E-state index in [4.69, 9.17) is 11.6 Å². The van der Waals surface area contributed by atoms with E-state index in [9.17, 15) is 13.6 Å². The van der Waals surface area contributed by atoms with E-state index in [1.807, 2.05) is 0 Å². The molecular weight excluding hydrogens is 328 g/mol. The molecule has 0 unspecified atom stereocenters. The summed E-state index contributed by atoms with van der Waals surface area (Å²) < 4.78 is 32.5. The molecule has 2 heterocycles. The molecule has 0 bridgehead atoms. The maximum absolute atomic E-state index is 12.5. The van der Waals surface area contributed by atoms with Crippen LogP contribution in [-0.2, 0) is 13.6 Å². The predicted octanol–water partition coefficient (Wildman–Crippen LogP) is 3.04. The monoisotopic (exact) mass is 339 g/mol. The first-order valence-corrected chi connectivity index (χ1v) is 7.10. The summed E-state index contributed by atoms with van der Waals surface area (Å²) in [5, 5.41) is 0.651. The van der Waals surface area contributed by atoms with Crippen LogP contribution < -0.4 is 10.3 Å². The highest BCUT2D eigenvalue weighted by Gasteiger charge is 2.15. The SMILES string of the molecule is Cn1c(=O)c2ccc(Cl)nc2n1Cc1ccccc1OC(F)F. The summed E-state index contributed by atoms with van der Waals surface area (Å²) >= 11 is 5.90. The summed E-state index contributed by atoms with van der Waals surface area (Å²) in [7, 11) is 1.58. The number of rotatable bonds is 4. The van der Waals surface area contributed by atoms with Crippen LogP contribution in [-0.4, -0.2) is 21.0 Å². The van der Waals surface area contributed by atoms with Crippen molar-refractivity contribution in [3.63, 3.8) is 0 Å². The number of para-hydroxylation sites is 1. The Morgan fingerprint density at radius 1 is 1.26 bits per heavy atom. The number of fused-ring (bicyclic) bond motifs is 1. The smallest absolute Gasteiger partial charge is 0.387 e. The van der Waals surface area contributed by atoms with Gasteiger partial charge in [0, 0.05) is 12.6 Å². The van der Waals surface area contributed by atoms with Crippen LogP contribution in [0.25, 0.3) is 11.0 Å². The second kappa shape index (κ2) is 6.00. The lowest BCUT2D eigenvalue weighted by Crippen LogP contribution is -2.20. The van der Waals surface area contributed by atoms with Gasteiger partial charge in [-0.25, -0.2) is 4.98 Å². The van der Waals surface area contributed by atoms with Gasteiger partial charge in [0.1, 0.15) is 10.9 Å². The molecule has 0 saturated carbocycles. The molecule has 0 fully saturated rings. The Hall–Kier alpha value is -2.41. The zero-order valence-electron chi connectivity index (χ0n) is 12.0. The average Bonchev–Trinajstić information content (AvgIpc) is 2.73. The Labute approximate surface area is 134 Å². The third-order valence-electron chi connectivity index (χ3n) is 3.48. The Balaban J connectivity index is 2.11. The van der Waals surface area contributed by atoms with E-state index < -0.39 is 6.61 Å². The van der Waals surface area contributed by atoms with Crippen molar-refractivity contribution >= 4 is 22.6 Å². The number of alkyl halides is 2. The molecule has 0 radical (unpaired) electrons. The molecule has 5 nitrogen and oxygen atoms in total. The second-order valence-corrected chi connectivity index (χ2v) is 5.27. The van der Waals surface area contributed by atoms with Gasteiger partial charge in [-0.1, -0.05) is 29.8 Å². The second-order valence-electron chi connectivity index (χ2n) is 4.88. The fourth-order valence-corrected chi connectivity index (χ4v) is 2.55. The van der Waals surface area contributed by atoms with Crippen molar-refractivity contribution in [2.24, 2.45) is 7.05 Å². The molecule has 1 aromatic carbocycles. The van der Waals surface area contributed by atoms with Crippen molar-refractivity contribution in [3.05, 3.63) is 57.5 Å². The van der Waals surface area contributed by atoms with Gasteiger partial charge >= 0.3 is 6.61 Å². The summed E-state index contributed by atoms with van der Waals surface area (Å²) in [5.41, 5.74) is 0.648. The fourth-order valence-electron chi connectivity index (χ4n) is 2.40. The number of halogens is 3. The molecule has 3 rings (SSSR count). The molecule has 0 atom stereocenters. The highest BCUT2D eigenvalue weighted by molar-refractivity contribution is 6.29. The van der Waals surface area contributed by atoms with Crippen molar-refractivity contribution in [1.29, 1.82) is 0 Å². The maximum Gasteiger partial charge on any atom is 0.387 e. The topological polar surface area (TPSA) is 49.0 Å². The van der Waals surface area contributed by atoms with Crippen LogP contribution in [0, 0.1) is 0 Å². The first-order chi connectivity index (χ1) is 11.0. The van der Waals surface area contributed by atoms with E-state index in [0.29, 0.717) is 16.6 Å². The van der Waals surface area contributed by atoms with Crippen LogP contribution >= 0.6 is 11.6 Å². The van der Waals surface area contributed by atoms with Crippen molar-refractivity contribution in [1.82, 2.24) is 14.3 Å². The third kappa shape index (κ3) is 2.92. The molecule has 0 aliphatic rings. The summed E-state index contributed by atoms with van der Waals surface area (Å²) in [6.07, 6.45) is 0. The molecule has 8 heteroatoms. The zero-order chi connectivity index (χ0) is 16.6. The minimum Gasteiger partial charge on any atom is -0.434 e. The quantitative estimate of drug-likeness (QED) is 0.686.